The standard InChI is InChI=1S/C19H26N2O4/c1-19(2,3)25-13-15-7-4-6-14(10-15)11-20-18(23)21-12-16(22)17-8-5-9-24-17/h4-10,16,22H,11-13H2,1-3H3,(H2,20,21,23). The number of ether oxygens (including phenoxy) is 1. The van der Waals surface area contributed by atoms with Crippen LogP contribution in [0.15, 0.2) is 47.1 Å². The summed E-state index contributed by atoms with van der Waals surface area (Å²) in [5, 5.41) is 15.2. The second-order valence-electron chi connectivity index (χ2n) is 6.82. The lowest BCUT2D eigenvalue weighted by Crippen LogP contribution is -2.37. The van der Waals surface area contributed by atoms with E-state index in [1.165, 1.54) is 6.26 Å². The van der Waals surface area contributed by atoms with Crippen LogP contribution in [0, 0.1) is 0 Å². The quantitative estimate of drug-likeness (QED) is 0.719. The predicted octanol–water partition coefficient (Wildman–Crippen LogP) is 3.13. The molecule has 1 aromatic carbocycles. The van der Waals surface area contributed by atoms with E-state index >= 15 is 0 Å². The number of carbonyl (C=O) groups excluding carboxylic acids is 1. The van der Waals surface area contributed by atoms with Crippen molar-refractivity contribution in [3.05, 3.63) is 59.5 Å². The number of nitrogens with one attached hydrogen (secondary N) is 2. The highest BCUT2D eigenvalue weighted by Crippen LogP contribution is 2.13. The third-order valence-electron chi connectivity index (χ3n) is 3.44. The lowest BCUT2D eigenvalue weighted by atomic mass is 10.1. The molecule has 2 aromatic rings. The highest BCUT2D eigenvalue weighted by molar-refractivity contribution is 5.73. The van der Waals surface area contributed by atoms with Crippen LogP contribution in [0.3, 0.4) is 0 Å². The van der Waals surface area contributed by atoms with Gasteiger partial charge in [-0.05, 0) is 44.0 Å². The first-order valence-corrected chi connectivity index (χ1v) is 8.28. The molecule has 1 unspecified atom stereocenters. The average molecular weight is 346 g/mol. The van der Waals surface area contributed by atoms with Crippen molar-refractivity contribution < 1.29 is 19.1 Å². The molecule has 6 heteroatoms. The molecule has 3 N–H and O–H groups in total. The van der Waals surface area contributed by atoms with E-state index in [0.29, 0.717) is 18.9 Å². The molecule has 0 aliphatic rings. The minimum atomic E-state index is -0.862. The number of hydrogen-bond acceptors (Lipinski definition) is 4. The largest absolute Gasteiger partial charge is 0.467 e. The van der Waals surface area contributed by atoms with E-state index in [1.54, 1.807) is 12.1 Å². The molecule has 0 saturated heterocycles. The maximum Gasteiger partial charge on any atom is 0.315 e. The maximum absolute atomic E-state index is 11.8. The lowest BCUT2D eigenvalue weighted by Gasteiger charge is -2.19. The molecule has 1 heterocycles. The highest BCUT2D eigenvalue weighted by atomic mass is 16.5. The Balaban J connectivity index is 1.75. The second-order valence-corrected chi connectivity index (χ2v) is 6.82. The topological polar surface area (TPSA) is 83.7 Å². The van der Waals surface area contributed by atoms with Crippen molar-refractivity contribution in [2.75, 3.05) is 6.54 Å². The summed E-state index contributed by atoms with van der Waals surface area (Å²) in [4.78, 5) is 11.8. The van der Waals surface area contributed by atoms with Crippen LogP contribution in [0.4, 0.5) is 4.79 Å². The van der Waals surface area contributed by atoms with Gasteiger partial charge in [0.15, 0.2) is 0 Å². The van der Waals surface area contributed by atoms with Crippen molar-refractivity contribution in [3.8, 4) is 0 Å². The zero-order valence-corrected chi connectivity index (χ0v) is 14.9. The summed E-state index contributed by atoms with van der Waals surface area (Å²) in [5.74, 6) is 0.423. The van der Waals surface area contributed by atoms with Gasteiger partial charge in [-0.3, -0.25) is 0 Å². The fourth-order valence-electron chi connectivity index (χ4n) is 2.14. The molecule has 0 aliphatic heterocycles. The van der Waals surface area contributed by atoms with E-state index in [2.05, 4.69) is 10.6 Å². The van der Waals surface area contributed by atoms with Gasteiger partial charge in [-0.25, -0.2) is 4.79 Å². The summed E-state index contributed by atoms with van der Waals surface area (Å²) in [6, 6.07) is 10.9. The van der Waals surface area contributed by atoms with Gasteiger partial charge in [0.25, 0.3) is 0 Å². The van der Waals surface area contributed by atoms with E-state index in [9.17, 15) is 9.90 Å². The summed E-state index contributed by atoms with van der Waals surface area (Å²) in [7, 11) is 0. The molecule has 1 atom stereocenters. The molecule has 0 fully saturated rings. The van der Waals surface area contributed by atoms with Crippen molar-refractivity contribution in [3.63, 3.8) is 0 Å². The first-order valence-electron chi connectivity index (χ1n) is 8.28. The Labute approximate surface area is 148 Å². The van der Waals surface area contributed by atoms with Gasteiger partial charge in [0.05, 0.1) is 25.0 Å². The molecule has 2 rings (SSSR count). The van der Waals surface area contributed by atoms with E-state index in [1.807, 2.05) is 45.0 Å². The first-order chi connectivity index (χ1) is 11.8. The maximum atomic E-state index is 11.8. The van der Waals surface area contributed by atoms with E-state index in [-0.39, 0.29) is 18.2 Å². The van der Waals surface area contributed by atoms with E-state index in [0.717, 1.165) is 11.1 Å². The Morgan fingerprint density at radius 3 is 2.64 bits per heavy atom. The fraction of sp³-hybridized carbons (Fsp3) is 0.421. The lowest BCUT2D eigenvalue weighted by molar-refractivity contribution is -0.0149. The third-order valence-corrected chi connectivity index (χ3v) is 3.44. The molecule has 6 nitrogen and oxygen atoms in total. The van der Waals surface area contributed by atoms with Gasteiger partial charge in [0, 0.05) is 6.54 Å². The van der Waals surface area contributed by atoms with Gasteiger partial charge in [-0.2, -0.15) is 0 Å². The molecule has 0 radical (unpaired) electrons. The predicted molar refractivity (Wildman–Crippen MR) is 94.9 cm³/mol. The number of hydrogen-bond donors (Lipinski definition) is 3. The molecule has 1 aromatic heterocycles. The van der Waals surface area contributed by atoms with Crippen LogP contribution in [0.2, 0.25) is 0 Å². The van der Waals surface area contributed by atoms with Gasteiger partial charge in [-0.1, -0.05) is 24.3 Å². The summed E-state index contributed by atoms with van der Waals surface area (Å²) < 4.78 is 10.8. The molecule has 25 heavy (non-hydrogen) atoms. The number of amides is 2. The van der Waals surface area contributed by atoms with Gasteiger partial charge in [-0.15, -0.1) is 0 Å². The van der Waals surface area contributed by atoms with Crippen molar-refractivity contribution in [2.45, 2.75) is 45.6 Å². The van der Waals surface area contributed by atoms with Crippen molar-refractivity contribution in [1.82, 2.24) is 10.6 Å². The molecule has 0 spiro atoms. The highest BCUT2D eigenvalue weighted by Gasteiger charge is 2.12. The second kappa shape index (κ2) is 8.69. The SMILES string of the molecule is CC(C)(C)OCc1cccc(CNC(=O)NCC(O)c2ccco2)c1. The molecule has 0 saturated carbocycles. The van der Waals surface area contributed by atoms with Crippen LogP contribution in [0.5, 0.6) is 0 Å². The average Bonchev–Trinajstić information content (AvgIpc) is 3.10. The summed E-state index contributed by atoms with van der Waals surface area (Å²) >= 11 is 0. The molecular formula is C19H26N2O4. The minimum absolute atomic E-state index is 0.0822. The van der Waals surface area contributed by atoms with Gasteiger partial charge in [0.2, 0.25) is 0 Å². The number of aliphatic hydroxyl groups excluding tert-OH is 1. The van der Waals surface area contributed by atoms with Crippen LogP contribution < -0.4 is 10.6 Å². The molecule has 0 aliphatic carbocycles. The Kier molecular flexibility index (Phi) is 6.61. The van der Waals surface area contributed by atoms with Crippen LogP contribution in [0.1, 0.15) is 43.8 Å². The van der Waals surface area contributed by atoms with Crippen LogP contribution in [-0.4, -0.2) is 23.3 Å². The van der Waals surface area contributed by atoms with Gasteiger partial charge < -0.3 is 24.9 Å². The number of benzene rings is 1. The van der Waals surface area contributed by atoms with Crippen LogP contribution in [0.25, 0.3) is 0 Å². The van der Waals surface area contributed by atoms with Gasteiger partial charge in [0.1, 0.15) is 11.9 Å². The fourth-order valence-corrected chi connectivity index (χ4v) is 2.14. The zero-order valence-electron chi connectivity index (χ0n) is 14.9. The number of urea groups is 1. The van der Waals surface area contributed by atoms with Crippen LogP contribution >= 0.6 is 0 Å². The number of furan rings is 1. The molecule has 2 amide bonds. The summed E-state index contributed by atoms with van der Waals surface area (Å²) in [6.07, 6.45) is 0.619. The van der Waals surface area contributed by atoms with Crippen LogP contribution in [-0.2, 0) is 17.9 Å². The summed E-state index contributed by atoms with van der Waals surface area (Å²) in [6.45, 7) is 7.05. The van der Waals surface area contributed by atoms with E-state index < -0.39 is 6.10 Å². The normalized spacial score (nSPS) is 12.6. The van der Waals surface area contributed by atoms with Gasteiger partial charge >= 0.3 is 6.03 Å². The van der Waals surface area contributed by atoms with Crippen molar-refractivity contribution >= 4 is 6.03 Å². The smallest absolute Gasteiger partial charge is 0.315 e. The third kappa shape index (κ3) is 6.99. The Morgan fingerprint density at radius 2 is 1.96 bits per heavy atom. The summed E-state index contributed by atoms with van der Waals surface area (Å²) in [5.41, 5.74) is 1.85. The Hall–Kier alpha value is -2.31. The molecule has 0 bridgehead atoms. The monoisotopic (exact) mass is 346 g/mol. The number of carbonyl (C=O) groups is 1. The Bertz CT molecular complexity index is 662. The van der Waals surface area contributed by atoms with Crippen molar-refractivity contribution in [2.24, 2.45) is 0 Å². The van der Waals surface area contributed by atoms with Crippen molar-refractivity contribution in [1.29, 1.82) is 0 Å². The zero-order chi connectivity index (χ0) is 18.3. The van der Waals surface area contributed by atoms with E-state index in [4.69, 9.17) is 9.15 Å². The minimum Gasteiger partial charge on any atom is -0.467 e. The number of aliphatic hydroxyl groups is 1. The first kappa shape index (κ1) is 19.0. The Morgan fingerprint density at radius 1 is 1.20 bits per heavy atom. The number of rotatable bonds is 7. The molecule has 136 valence electrons. The molecular weight excluding hydrogens is 320 g/mol.